The van der Waals surface area contributed by atoms with E-state index in [9.17, 15) is 19.5 Å². The molecule has 0 bridgehead atoms. The van der Waals surface area contributed by atoms with Crippen molar-refractivity contribution in [3.63, 3.8) is 0 Å². The molecule has 67 heavy (non-hydrogen) atoms. The number of imide groups is 1. The number of terminal acetylenes is 2. The lowest BCUT2D eigenvalue weighted by Crippen LogP contribution is -2.57. The van der Waals surface area contributed by atoms with Gasteiger partial charge >= 0.3 is 0 Å². The Balaban J connectivity index is 0.799. The highest BCUT2D eigenvalue weighted by molar-refractivity contribution is 6.22. The summed E-state index contributed by atoms with van der Waals surface area (Å²) in [6, 6.07) is 21.5. The number of rotatable bonds is 6. The number of hydrogen-bond acceptors (Lipinski definition) is 10. The normalized spacial score (nSPS) is 32.0. The quantitative estimate of drug-likeness (QED) is 0.130. The number of benzene rings is 4. The first kappa shape index (κ1) is 42.1. The molecule has 4 aliphatic carbocycles. The van der Waals surface area contributed by atoms with Gasteiger partial charge in [0.1, 0.15) is 24.7 Å². The van der Waals surface area contributed by atoms with Crippen LogP contribution in [0, 0.1) is 53.8 Å². The van der Waals surface area contributed by atoms with Gasteiger partial charge in [-0.25, -0.2) is 0 Å². The zero-order valence-corrected chi connectivity index (χ0v) is 38.0. The van der Waals surface area contributed by atoms with Gasteiger partial charge in [-0.15, -0.1) is 12.8 Å². The molecule has 12 nitrogen and oxygen atoms in total. The Labute approximate surface area is 389 Å². The zero-order chi connectivity index (χ0) is 46.3. The highest BCUT2D eigenvalue weighted by atomic mass is 16.6. The highest BCUT2D eigenvalue weighted by Crippen LogP contribution is 2.70. The lowest BCUT2D eigenvalue weighted by Gasteiger charge is -2.52. The van der Waals surface area contributed by atoms with Crippen molar-refractivity contribution in [2.24, 2.45) is 29.1 Å². The standard InChI is InChI=1S/C55H52N2O10/c1-7-17-62-31-13-9-29(10-14-31)56-49(58)33-19-41-43(21-35(33)51(56)60)66-47-25-39-37(23-45(47)64-41)53(3,4)27-55(39)28-54(5,6)38-24-46-48(26-40(38)55)67-44-22-36-34(20-42(44)65-46)50(59)57(52(36)61)30-11-15-32(16-12-30)63-18-8-2/h1-2,9-16,19,21,23,25,34,36,38,40,42,44,46,48,51,60H,17-18,20,22,24,26-28H2,3-6H3. The fourth-order valence-corrected chi connectivity index (χ4v) is 13.9. The number of hydrogen-bond donors (Lipinski definition) is 1. The van der Waals surface area contributed by atoms with Gasteiger partial charge in [-0.1, -0.05) is 39.5 Å². The van der Waals surface area contributed by atoms with Gasteiger partial charge in [0.15, 0.2) is 29.2 Å². The topological polar surface area (TPSA) is 133 Å². The zero-order valence-electron chi connectivity index (χ0n) is 38.0. The number of aliphatic hydroxyl groups is 1. The first-order chi connectivity index (χ1) is 32.2. The Bertz CT molecular complexity index is 2860. The number of amides is 3. The molecular formula is C55H52N2O10. The van der Waals surface area contributed by atoms with Crippen molar-refractivity contribution in [1.82, 2.24) is 0 Å². The molecule has 4 aromatic carbocycles. The highest BCUT2D eigenvalue weighted by Gasteiger charge is 2.66. The van der Waals surface area contributed by atoms with Crippen LogP contribution < -0.4 is 28.7 Å². The second-order valence-electron chi connectivity index (χ2n) is 21.1. The first-order valence-corrected chi connectivity index (χ1v) is 23.4. The molecule has 12 heteroatoms. The predicted molar refractivity (Wildman–Crippen MR) is 246 cm³/mol. The fourth-order valence-electron chi connectivity index (χ4n) is 13.9. The maximum atomic E-state index is 14.0. The lowest BCUT2D eigenvalue weighted by molar-refractivity contribution is -0.259. The van der Waals surface area contributed by atoms with Crippen molar-refractivity contribution < 1.29 is 47.9 Å². The maximum absolute atomic E-state index is 14.0. The van der Waals surface area contributed by atoms with Gasteiger partial charge in [0.2, 0.25) is 11.8 Å². The summed E-state index contributed by atoms with van der Waals surface area (Å²) < 4.78 is 38.4. The molecule has 2 saturated heterocycles. The average Bonchev–Trinajstić information content (AvgIpc) is 3.88. The number of ether oxygens (including phenoxy) is 6. The van der Waals surface area contributed by atoms with Crippen molar-refractivity contribution >= 4 is 29.1 Å². The fraction of sp³-hybridized carbons (Fsp3) is 0.436. The van der Waals surface area contributed by atoms with Crippen molar-refractivity contribution in [2.75, 3.05) is 23.0 Å². The van der Waals surface area contributed by atoms with Crippen LogP contribution in [0.2, 0.25) is 0 Å². The minimum Gasteiger partial charge on any atom is -0.481 e. The van der Waals surface area contributed by atoms with Crippen LogP contribution >= 0.6 is 0 Å². The Morgan fingerprint density at radius 1 is 0.657 bits per heavy atom. The van der Waals surface area contributed by atoms with Crippen LogP contribution in [-0.4, -0.2) is 60.5 Å². The average molecular weight is 901 g/mol. The predicted octanol–water partition coefficient (Wildman–Crippen LogP) is 8.76. The van der Waals surface area contributed by atoms with Crippen LogP contribution in [0.5, 0.6) is 34.5 Å². The molecule has 0 aromatic heterocycles. The second-order valence-corrected chi connectivity index (χ2v) is 21.1. The number of fused-ring (bicyclic) bond motifs is 10. The smallest absolute Gasteiger partial charge is 0.261 e. The van der Waals surface area contributed by atoms with Crippen LogP contribution in [0.25, 0.3) is 0 Å². The minimum absolute atomic E-state index is 0.00899. The summed E-state index contributed by atoms with van der Waals surface area (Å²) in [4.78, 5) is 44.4. The molecular weight excluding hydrogens is 849 g/mol. The number of nitrogens with zero attached hydrogens (tertiary/aromatic N) is 2. The monoisotopic (exact) mass is 900 g/mol. The number of carbonyl (C=O) groups is 3. The third-order valence-electron chi connectivity index (χ3n) is 16.5. The van der Waals surface area contributed by atoms with Crippen LogP contribution in [0.1, 0.15) is 99.5 Å². The van der Waals surface area contributed by atoms with Crippen LogP contribution in [-0.2, 0) is 29.9 Å². The number of carbonyl (C=O) groups excluding carboxylic acids is 3. The Morgan fingerprint density at radius 2 is 1.16 bits per heavy atom. The molecule has 3 saturated carbocycles. The molecule has 12 rings (SSSR count). The van der Waals surface area contributed by atoms with Crippen molar-refractivity contribution in [3.05, 3.63) is 95.1 Å². The molecule has 4 heterocycles. The molecule has 5 fully saturated rings. The van der Waals surface area contributed by atoms with E-state index in [1.54, 1.807) is 60.7 Å². The van der Waals surface area contributed by atoms with Crippen LogP contribution in [0.15, 0.2) is 72.8 Å². The summed E-state index contributed by atoms with van der Waals surface area (Å²) >= 11 is 0. The number of anilines is 2. The van der Waals surface area contributed by atoms with Crippen molar-refractivity contribution in [3.8, 4) is 59.2 Å². The Morgan fingerprint density at radius 3 is 1.75 bits per heavy atom. The summed E-state index contributed by atoms with van der Waals surface area (Å²) in [5.41, 5.74) is 3.95. The van der Waals surface area contributed by atoms with Gasteiger partial charge < -0.3 is 33.5 Å². The number of aliphatic hydroxyl groups excluding tert-OH is 1. The molecule has 3 amide bonds. The summed E-state index contributed by atoms with van der Waals surface area (Å²) in [5, 5.41) is 11.5. The lowest BCUT2D eigenvalue weighted by atomic mass is 9.63. The summed E-state index contributed by atoms with van der Waals surface area (Å²) in [5.74, 6) is 7.06. The summed E-state index contributed by atoms with van der Waals surface area (Å²) in [6.07, 6.45) is 13.2. The van der Waals surface area contributed by atoms with Gasteiger partial charge in [0.05, 0.1) is 47.5 Å². The van der Waals surface area contributed by atoms with E-state index in [0.717, 1.165) is 25.7 Å². The van der Waals surface area contributed by atoms with E-state index in [-0.39, 0.29) is 71.6 Å². The van der Waals surface area contributed by atoms with Crippen molar-refractivity contribution in [1.29, 1.82) is 0 Å². The minimum atomic E-state index is -1.23. The van der Waals surface area contributed by atoms with E-state index in [2.05, 4.69) is 51.7 Å². The largest absolute Gasteiger partial charge is 0.481 e. The van der Waals surface area contributed by atoms with E-state index < -0.39 is 18.1 Å². The first-order valence-electron chi connectivity index (χ1n) is 23.4. The summed E-state index contributed by atoms with van der Waals surface area (Å²) in [7, 11) is 0. The molecule has 10 unspecified atom stereocenters. The van der Waals surface area contributed by atoms with Gasteiger partial charge in [-0.05, 0) is 145 Å². The maximum Gasteiger partial charge on any atom is 0.261 e. The van der Waals surface area contributed by atoms with Crippen LogP contribution in [0.4, 0.5) is 11.4 Å². The summed E-state index contributed by atoms with van der Waals surface area (Å²) in [6.45, 7) is 9.70. The molecule has 0 radical (unpaired) electrons. The Hall–Kier alpha value is -6.31. The molecule has 1 spiro atoms. The van der Waals surface area contributed by atoms with E-state index in [4.69, 9.17) is 41.3 Å². The van der Waals surface area contributed by atoms with Gasteiger partial charge in [0, 0.05) is 16.7 Å². The van der Waals surface area contributed by atoms with Crippen LogP contribution in [0.3, 0.4) is 0 Å². The third kappa shape index (κ3) is 6.29. The molecule has 4 aliphatic heterocycles. The Kier molecular flexibility index (Phi) is 9.32. The second kappa shape index (κ2) is 14.8. The molecule has 8 aliphatic rings. The van der Waals surface area contributed by atoms with E-state index in [1.807, 2.05) is 0 Å². The van der Waals surface area contributed by atoms with E-state index >= 15 is 0 Å². The molecule has 4 aromatic rings. The van der Waals surface area contributed by atoms with Gasteiger partial charge in [-0.2, -0.15) is 0 Å². The molecule has 1 N–H and O–H groups in total. The van der Waals surface area contributed by atoms with Crippen molar-refractivity contribution in [2.45, 2.75) is 108 Å². The van der Waals surface area contributed by atoms with E-state index in [1.165, 1.54) is 20.9 Å². The van der Waals surface area contributed by atoms with Gasteiger partial charge in [-0.3, -0.25) is 24.2 Å². The van der Waals surface area contributed by atoms with E-state index in [0.29, 0.717) is 81.7 Å². The SMILES string of the molecule is C#CCOc1ccc(N2C(=O)C3CC4OC5CC6C(CC5OC4CC3C2=O)C2(CC(C)(C)c3cc4c(cc32)Oc2cc3c(cc2O4)C(=O)N(c2ccc(OCC#C)cc2)C3O)CC6(C)C)cc1. The molecule has 10 atom stereocenters. The third-order valence-corrected chi connectivity index (χ3v) is 16.5. The molecule has 342 valence electrons. The van der Waals surface area contributed by atoms with Gasteiger partial charge in [0.25, 0.3) is 5.91 Å².